The van der Waals surface area contributed by atoms with Crippen molar-refractivity contribution in [1.29, 1.82) is 0 Å². The average molecular weight is 414 g/mol. The fourth-order valence-corrected chi connectivity index (χ4v) is 5.14. The van der Waals surface area contributed by atoms with E-state index in [-0.39, 0.29) is 18.8 Å². The molecule has 0 bridgehead atoms. The van der Waals surface area contributed by atoms with Crippen molar-refractivity contribution < 1.29 is 13.9 Å². The summed E-state index contributed by atoms with van der Waals surface area (Å²) in [5.74, 6) is -2.71. The van der Waals surface area contributed by atoms with E-state index in [0.29, 0.717) is 18.5 Å². The molecule has 1 aliphatic carbocycles. The Labute approximate surface area is 170 Å². The summed E-state index contributed by atoms with van der Waals surface area (Å²) in [6.07, 6.45) is 3.35. The molecule has 4 aromatic heterocycles. The third-order valence-corrected chi connectivity index (χ3v) is 6.79. The van der Waals surface area contributed by atoms with Crippen molar-refractivity contribution in [2.24, 2.45) is 13.0 Å². The number of pyridine rings is 2. The van der Waals surface area contributed by atoms with E-state index in [1.165, 1.54) is 11.3 Å². The molecule has 5 rings (SSSR count). The Morgan fingerprint density at radius 3 is 2.79 bits per heavy atom. The van der Waals surface area contributed by atoms with Gasteiger partial charge in [0.1, 0.15) is 4.83 Å². The minimum Gasteiger partial charge on any atom is -0.387 e. The second-order valence-electron chi connectivity index (χ2n) is 7.82. The van der Waals surface area contributed by atoms with Crippen LogP contribution in [0.1, 0.15) is 36.7 Å². The second-order valence-corrected chi connectivity index (χ2v) is 8.88. The fourth-order valence-electron chi connectivity index (χ4n) is 4.03. The molecule has 8 heteroatoms. The van der Waals surface area contributed by atoms with Crippen molar-refractivity contribution in [3.8, 4) is 11.3 Å². The van der Waals surface area contributed by atoms with Crippen LogP contribution in [0, 0.1) is 5.92 Å². The normalized spacial score (nSPS) is 18.5. The molecule has 0 unspecified atom stereocenters. The molecule has 0 aliphatic heterocycles. The molecule has 5 nitrogen and oxygen atoms in total. The number of thiophene rings is 1. The number of alkyl halides is 2. The number of fused-ring (bicyclic) bond motifs is 2. The molecule has 0 saturated heterocycles. The summed E-state index contributed by atoms with van der Waals surface area (Å²) >= 11 is 1.43. The molecular formula is C21H20F2N4OS. The maximum Gasteiger partial charge on any atom is 0.248 e. The first-order valence-electron chi connectivity index (χ1n) is 9.64. The van der Waals surface area contributed by atoms with Crippen LogP contribution in [0.25, 0.3) is 32.5 Å². The number of aryl methyl sites for hydroxylation is 1. The number of aliphatic hydroxyl groups is 1. The highest BCUT2D eigenvalue weighted by molar-refractivity contribution is 7.18. The Kier molecular flexibility index (Phi) is 4.36. The summed E-state index contributed by atoms with van der Waals surface area (Å²) in [5, 5.41) is 16.9. The number of rotatable bonds is 3. The van der Waals surface area contributed by atoms with Crippen LogP contribution in [-0.4, -0.2) is 30.8 Å². The van der Waals surface area contributed by atoms with E-state index in [4.69, 9.17) is 4.98 Å². The molecule has 150 valence electrons. The van der Waals surface area contributed by atoms with Crippen molar-refractivity contribution in [2.45, 2.75) is 37.7 Å². The van der Waals surface area contributed by atoms with Gasteiger partial charge in [-0.05, 0) is 43.0 Å². The van der Waals surface area contributed by atoms with E-state index in [9.17, 15) is 13.9 Å². The van der Waals surface area contributed by atoms with Crippen LogP contribution in [0.2, 0.25) is 0 Å². The molecule has 1 fully saturated rings. The smallest absolute Gasteiger partial charge is 0.248 e. The zero-order valence-corrected chi connectivity index (χ0v) is 16.7. The van der Waals surface area contributed by atoms with E-state index in [1.54, 1.807) is 10.9 Å². The van der Waals surface area contributed by atoms with Gasteiger partial charge in [0, 0.05) is 53.5 Å². The molecule has 1 saturated carbocycles. The average Bonchev–Trinajstić information content (AvgIpc) is 3.28. The number of nitrogens with zero attached hydrogens (tertiary/aromatic N) is 4. The van der Waals surface area contributed by atoms with Crippen LogP contribution in [0.4, 0.5) is 8.78 Å². The first-order valence-corrected chi connectivity index (χ1v) is 10.5. The maximum absolute atomic E-state index is 13.4. The van der Waals surface area contributed by atoms with Gasteiger partial charge in [-0.15, -0.1) is 11.3 Å². The lowest BCUT2D eigenvalue weighted by molar-refractivity contribution is -0.0622. The van der Waals surface area contributed by atoms with E-state index < -0.39 is 12.0 Å². The van der Waals surface area contributed by atoms with Crippen LogP contribution >= 0.6 is 11.3 Å². The Bertz CT molecular complexity index is 1190. The molecule has 0 spiro atoms. The Balaban J connectivity index is 1.43. The van der Waals surface area contributed by atoms with Crippen molar-refractivity contribution in [1.82, 2.24) is 19.7 Å². The molecule has 0 amide bonds. The number of halogens is 2. The number of hydrogen-bond donors (Lipinski definition) is 1. The molecule has 29 heavy (non-hydrogen) atoms. The van der Waals surface area contributed by atoms with E-state index in [1.807, 2.05) is 37.5 Å². The SMILES string of the molecule is Cn1cc2cc(-c3ccc4cc([C@H](O)C5CCC(F)(F)CC5)sc4n3)cnc2n1. The molecule has 0 radical (unpaired) electrons. The summed E-state index contributed by atoms with van der Waals surface area (Å²) in [4.78, 5) is 10.8. The Morgan fingerprint density at radius 2 is 2.00 bits per heavy atom. The number of aliphatic hydroxyl groups excluding tert-OH is 1. The Hall–Kier alpha value is -2.45. The highest BCUT2D eigenvalue weighted by Gasteiger charge is 2.38. The summed E-state index contributed by atoms with van der Waals surface area (Å²) in [7, 11) is 1.86. The number of hydrogen-bond acceptors (Lipinski definition) is 5. The zero-order valence-electron chi connectivity index (χ0n) is 15.8. The zero-order chi connectivity index (χ0) is 20.2. The molecule has 1 aliphatic rings. The summed E-state index contributed by atoms with van der Waals surface area (Å²) in [6, 6.07) is 7.85. The summed E-state index contributed by atoms with van der Waals surface area (Å²) in [5.41, 5.74) is 2.39. The molecule has 4 aromatic rings. The van der Waals surface area contributed by atoms with Gasteiger partial charge in [0.15, 0.2) is 5.65 Å². The van der Waals surface area contributed by atoms with Crippen LogP contribution in [0.5, 0.6) is 0 Å². The van der Waals surface area contributed by atoms with Crippen LogP contribution in [0.3, 0.4) is 0 Å². The lowest BCUT2D eigenvalue weighted by atomic mass is 9.83. The van der Waals surface area contributed by atoms with Gasteiger partial charge in [-0.1, -0.05) is 0 Å². The highest BCUT2D eigenvalue weighted by atomic mass is 32.1. The van der Waals surface area contributed by atoms with Crippen molar-refractivity contribution in [3.05, 3.63) is 41.5 Å². The van der Waals surface area contributed by atoms with Crippen molar-refractivity contribution in [3.63, 3.8) is 0 Å². The lowest BCUT2D eigenvalue weighted by Crippen LogP contribution is -2.27. The first-order chi connectivity index (χ1) is 13.9. The standard InChI is InChI=1S/C21H20F2N4OS/c1-27-11-15-8-14(10-24-19(15)26-27)16-3-2-13-9-17(29-20(13)25-16)18(28)12-4-6-21(22,23)7-5-12/h2-3,8-12,18,28H,4-7H2,1H3/t18-/m1/s1. The van der Waals surface area contributed by atoms with Crippen LogP contribution in [-0.2, 0) is 7.05 Å². The third kappa shape index (κ3) is 3.51. The second kappa shape index (κ2) is 6.81. The monoisotopic (exact) mass is 414 g/mol. The lowest BCUT2D eigenvalue weighted by Gasteiger charge is -2.30. The third-order valence-electron chi connectivity index (χ3n) is 5.67. The van der Waals surface area contributed by atoms with Crippen LogP contribution < -0.4 is 0 Å². The maximum atomic E-state index is 13.4. The van der Waals surface area contributed by atoms with Crippen LogP contribution in [0.15, 0.2) is 36.7 Å². The molecular weight excluding hydrogens is 394 g/mol. The summed E-state index contributed by atoms with van der Waals surface area (Å²) in [6.45, 7) is 0. The van der Waals surface area contributed by atoms with Gasteiger partial charge in [0.2, 0.25) is 5.92 Å². The van der Waals surface area contributed by atoms with Gasteiger partial charge < -0.3 is 5.11 Å². The largest absolute Gasteiger partial charge is 0.387 e. The topological polar surface area (TPSA) is 63.8 Å². The minimum absolute atomic E-state index is 0.126. The molecule has 1 atom stereocenters. The quantitative estimate of drug-likeness (QED) is 0.506. The molecule has 0 aromatic carbocycles. The van der Waals surface area contributed by atoms with Gasteiger partial charge in [0.25, 0.3) is 0 Å². The fraction of sp³-hybridized carbons (Fsp3) is 0.381. The van der Waals surface area contributed by atoms with Gasteiger partial charge in [0.05, 0.1) is 11.8 Å². The van der Waals surface area contributed by atoms with Gasteiger partial charge >= 0.3 is 0 Å². The van der Waals surface area contributed by atoms with Gasteiger partial charge in [-0.25, -0.2) is 18.7 Å². The predicted molar refractivity (Wildman–Crippen MR) is 109 cm³/mol. The first kappa shape index (κ1) is 18.6. The van der Waals surface area contributed by atoms with E-state index in [2.05, 4.69) is 10.1 Å². The Morgan fingerprint density at radius 1 is 1.21 bits per heavy atom. The number of aromatic nitrogens is 4. The molecule has 4 heterocycles. The van der Waals surface area contributed by atoms with E-state index in [0.717, 1.165) is 31.7 Å². The van der Waals surface area contributed by atoms with Gasteiger partial charge in [-0.3, -0.25) is 4.68 Å². The van der Waals surface area contributed by atoms with Gasteiger partial charge in [-0.2, -0.15) is 5.10 Å². The van der Waals surface area contributed by atoms with E-state index >= 15 is 0 Å². The highest BCUT2D eigenvalue weighted by Crippen LogP contribution is 2.43. The molecule has 1 N–H and O–H groups in total. The predicted octanol–water partition coefficient (Wildman–Crippen LogP) is 5.10. The van der Waals surface area contributed by atoms with Crippen molar-refractivity contribution >= 4 is 32.6 Å². The minimum atomic E-state index is -2.59. The summed E-state index contributed by atoms with van der Waals surface area (Å²) < 4.78 is 28.6. The van der Waals surface area contributed by atoms with Crippen molar-refractivity contribution in [2.75, 3.05) is 0 Å².